The predicted molar refractivity (Wildman–Crippen MR) is 78.5 cm³/mol. The second kappa shape index (κ2) is 6.89. The van der Waals surface area contributed by atoms with Gasteiger partial charge in [-0.15, -0.1) is 0 Å². The third-order valence-electron chi connectivity index (χ3n) is 3.20. The fourth-order valence-corrected chi connectivity index (χ4v) is 2.07. The van der Waals surface area contributed by atoms with E-state index in [0.29, 0.717) is 23.6 Å². The molecule has 0 unspecified atom stereocenters. The summed E-state index contributed by atoms with van der Waals surface area (Å²) in [6.45, 7) is 0.899. The molecular weight excluding hydrogens is 368 g/mol. The van der Waals surface area contributed by atoms with Crippen molar-refractivity contribution in [1.29, 1.82) is 0 Å². The molecule has 1 amide bonds. The first-order chi connectivity index (χ1) is 11.9. The van der Waals surface area contributed by atoms with Gasteiger partial charge in [0.1, 0.15) is 11.6 Å². The van der Waals surface area contributed by atoms with Gasteiger partial charge in [-0.1, -0.05) is 0 Å². The number of aromatic nitrogens is 2. The van der Waals surface area contributed by atoms with E-state index < -0.39 is 41.7 Å². The van der Waals surface area contributed by atoms with Gasteiger partial charge in [-0.3, -0.25) is 9.48 Å². The van der Waals surface area contributed by atoms with Gasteiger partial charge in [0.05, 0.1) is 16.8 Å². The Bertz CT molecular complexity index is 778. The van der Waals surface area contributed by atoms with Crippen LogP contribution in [0.1, 0.15) is 16.8 Å². The number of rotatable bonds is 4. The van der Waals surface area contributed by atoms with E-state index in [1.54, 1.807) is 14.0 Å². The Morgan fingerprint density at radius 1 is 1.08 bits per heavy atom. The first kappa shape index (κ1) is 19.6. The van der Waals surface area contributed by atoms with Crippen LogP contribution in [0.25, 0.3) is 0 Å². The van der Waals surface area contributed by atoms with Crippen LogP contribution in [0.15, 0.2) is 24.3 Å². The van der Waals surface area contributed by atoms with Crippen molar-refractivity contribution in [2.45, 2.75) is 19.3 Å². The van der Waals surface area contributed by atoms with Gasteiger partial charge in [0.2, 0.25) is 0 Å². The second-order valence-electron chi connectivity index (χ2n) is 5.37. The van der Waals surface area contributed by atoms with Crippen LogP contribution in [0, 0.1) is 6.92 Å². The van der Waals surface area contributed by atoms with Gasteiger partial charge in [-0.2, -0.15) is 31.4 Å². The summed E-state index contributed by atoms with van der Waals surface area (Å²) < 4.78 is 82.7. The van der Waals surface area contributed by atoms with Gasteiger partial charge in [0.15, 0.2) is 6.61 Å². The standard InChI is InChI=1S/C15H13F6N3O2/c1-8-3-12(24(2)23-8)22-13(25)7-26-11-5-9(14(16,17)18)4-10(6-11)15(19,20)21/h3-6H,7H2,1-2H3,(H,22,25). The first-order valence-electron chi connectivity index (χ1n) is 7.09. The summed E-state index contributed by atoms with van der Waals surface area (Å²) in [4.78, 5) is 11.8. The normalized spacial score (nSPS) is 12.2. The lowest BCUT2D eigenvalue weighted by molar-refractivity contribution is -0.143. The monoisotopic (exact) mass is 381 g/mol. The highest BCUT2D eigenvalue weighted by atomic mass is 19.4. The van der Waals surface area contributed by atoms with Crippen LogP contribution in [0.2, 0.25) is 0 Å². The average molecular weight is 381 g/mol. The van der Waals surface area contributed by atoms with Crippen LogP contribution in [-0.4, -0.2) is 22.3 Å². The maximum absolute atomic E-state index is 12.8. The van der Waals surface area contributed by atoms with Crippen molar-refractivity contribution in [3.8, 4) is 5.75 Å². The maximum Gasteiger partial charge on any atom is 0.416 e. The van der Waals surface area contributed by atoms with Crippen LogP contribution in [0.5, 0.6) is 5.75 Å². The zero-order valence-corrected chi connectivity index (χ0v) is 13.5. The minimum absolute atomic E-state index is 0.0225. The molecule has 0 aliphatic carbocycles. The molecule has 26 heavy (non-hydrogen) atoms. The Hall–Kier alpha value is -2.72. The SMILES string of the molecule is Cc1cc(NC(=O)COc2cc(C(F)(F)F)cc(C(F)(F)F)c2)n(C)n1. The molecule has 2 rings (SSSR count). The van der Waals surface area contributed by atoms with Crippen LogP contribution < -0.4 is 10.1 Å². The van der Waals surface area contributed by atoms with E-state index in [0.717, 1.165) is 0 Å². The smallest absolute Gasteiger partial charge is 0.416 e. The molecule has 0 radical (unpaired) electrons. The van der Waals surface area contributed by atoms with Gasteiger partial charge >= 0.3 is 12.4 Å². The summed E-state index contributed by atoms with van der Waals surface area (Å²) >= 11 is 0. The molecule has 0 saturated carbocycles. The Balaban J connectivity index is 2.15. The van der Waals surface area contributed by atoms with E-state index >= 15 is 0 Å². The van der Waals surface area contributed by atoms with Crippen molar-refractivity contribution in [3.63, 3.8) is 0 Å². The Morgan fingerprint density at radius 3 is 2.04 bits per heavy atom. The van der Waals surface area contributed by atoms with E-state index in [4.69, 9.17) is 4.74 Å². The number of nitrogens with one attached hydrogen (secondary N) is 1. The fourth-order valence-electron chi connectivity index (χ4n) is 2.07. The highest BCUT2D eigenvalue weighted by molar-refractivity contribution is 5.91. The molecule has 1 heterocycles. The second-order valence-corrected chi connectivity index (χ2v) is 5.37. The van der Waals surface area contributed by atoms with Gasteiger partial charge in [-0.25, -0.2) is 0 Å². The summed E-state index contributed by atoms with van der Waals surface area (Å²) in [5, 5.41) is 6.35. The van der Waals surface area contributed by atoms with Gasteiger partial charge in [0, 0.05) is 13.1 Å². The zero-order valence-electron chi connectivity index (χ0n) is 13.5. The summed E-state index contributed by atoms with van der Waals surface area (Å²) in [7, 11) is 1.55. The molecule has 1 N–H and O–H groups in total. The number of hydrogen-bond acceptors (Lipinski definition) is 3. The zero-order chi connectivity index (χ0) is 19.7. The minimum Gasteiger partial charge on any atom is -0.484 e. The van der Waals surface area contributed by atoms with E-state index in [-0.39, 0.29) is 6.07 Å². The minimum atomic E-state index is -4.99. The number of anilines is 1. The van der Waals surface area contributed by atoms with E-state index in [2.05, 4.69) is 10.4 Å². The third-order valence-corrected chi connectivity index (χ3v) is 3.20. The summed E-state index contributed by atoms with van der Waals surface area (Å²) in [5.74, 6) is -1.18. The Labute approximate surface area is 143 Å². The number of carbonyl (C=O) groups excluding carboxylic acids is 1. The molecular formula is C15H13F6N3O2. The summed E-state index contributed by atoms with van der Waals surface area (Å²) in [5.41, 5.74) is -2.44. The molecule has 142 valence electrons. The van der Waals surface area contributed by atoms with Crippen molar-refractivity contribution in [2.24, 2.45) is 7.05 Å². The highest BCUT2D eigenvalue weighted by Gasteiger charge is 2.37. The third kappa shape index (κ3) is 4.90. The van der Waals surface area contributed by atoms with Crippen LogP contribution in [0.3, 0.4) is 0 Å². The van der Waals surface area contributed by atoms with E-state index in [1.807, 2.05) is 0 Å². The molecule has 0 atom stereocenters. The average Bonchev–Trinajstić information content (AvgIpc) is 2.81. The number of halogens is 6. The Kier molecular flexibility index (Phi) is 5.19. The van der Waals surface area contributed by atoms with Crippen molar-refractivity contribution in [1.82, 2.24) is 9.78 Å². The highest BCUT2D eigenvalue weighted by Crippen LogP contribution is 2.38. The molecule has 0 aliphatic rings. The first-order valence-corrected chi connectivity index (χ1v) is 7.09. The molecule has 1 aromatic heterocycles. The van der Waals surface area contributed by atoms with Crippen LogP contribution >= 0.6 is 0 Å². The van der Waals surface area contributed by atoms with Crippen molar-refractivity contribution in [3.05, 3.63) is 41.1 Å². The quantitative estimate of drug-likeness (QED) is 0.820. The summed E-state index contributed by atoms with van der Waals surface area (Å²) in [6.07, 6.45) is -9.98. The molecule has 5 nitrogen and oxygen atoms in total. The number of nitrogens with zero attached hydrogens (tertiary/aromatic N) is 2. The number of hydrogen-bond donors (Lipinski definition) is 1. The van der Waals surface area contributed by atoms with Gasteiger partial charge in [-0.05, 0) is 25.1 Å². The lowest BCUT2D eigenvalue weighted by Crippen LogP contribution is -2.22. The lowest BCUT2D eigenvalue weighted by atomic mass is 10.1. The number of benzene rings is 1. The van der Waals surface area contributed by atoms with Crippen LogP contribution in [-0.2, 0) is 24.2 Å². The van der Waals surface area contributed by atoms with E-state index in [9.17, 15) is 31.1 Å². The fraction of sp³-hybridized carbons (Fsp3) is 0.333. The number of amides is 1. The van der Waals surface area contributed by atoms with Crippen molar-refractivity contribution >= 4 is 11.7 Å². The molecule has 0 saturated heterocycles. The lowest BCUT2D eigenvalue weighted by Gasteiger charge is -2.14. The molecule has 11 heteroatoms. The molecule has 1 aromatic carbocycles. The predicted octanol–water partition coefficient (Wildman–Crippen LogP) is 3.78. The number of ether oxygens (including phenoxy) is 1. The summed E-state index contributed by atoms with van der Waals surface area (Å²) in [6, 6.07) is 2.31. The molecule has 0 fully saturated rings. The molecule has 0 aliphatic heterocycles. The molecule has 2 aromatic rings. The van der Waals surface area contributed by atoms with E-state index in [1.165, 1.54) is 10.7 Å². The number of alkyl halides is 6. The topological polar surface area (TPSA) is 56.1 Å². The molecule has 0 spiro atoms. The van der Waals surface area contributed by atoms with Crippen molar-refractivity contribution < 1.29 is 35.9 Å². The van der Waals surface area contributed by atoms with Crippen LogP contribution in [0.4, 0.5) is 32.2 Å². The van der Waals surface area contributed by atoms with Crippen molar-refractivity contribution in [2.75, 3.05) is 11.9 Å². The van der Waals surface area contributed by atoms with Gasteiger partial charge < -0.3 is 10.1 Å². The molecule has 0 bridgehead atoms. The Morgan fingerprint density at radius 2 is 1.62 bits per heavy atom. The maximum atomic E-state index is 12.8. The number of aryl methyl sites for hydroxylation is 2. The largest absolute Gasteiger partial charge is 0.484 e. The van der Waals surface area contributed by atoms with Gasteiger partial charge in [0.25, 0.3) is 5.91 Å². The number of carbonyl (C=O) groups is 1.